The topological polar surface area (TPSA) is 23.5 Å². The molecule has 0 saturated heterocycles. The van der Waals surface area contributed by atoms with Gasteiger partial charge in [-0.15, -0.1) is 0 Å². The third-order valence-electron chi connectivity index (χ3n) is 0.902. The first-order chi connectivity index (χ1) is 3.18. The molecule has 1 atom stereocenters. The van der Waals surface area contributed by atoms with Crippen molar-refractivity contribution in [3.8, 4) is 0 Å². The van der Waals surface area contributed by atoms with Crippen molar-refractivity contribution >= 4 is 12.8 Å². The summed E-state index contributed by atoms with van der Waals surface area (Å²) < 4.78 is 1.67. The number of likely N-dealkylation sites (N-methyl/N-ethyl adjacent to an activating group) is 1. The van der Waals surface area contributed by atoms with Gasteiger partial charge in [0.1, 0.15) is 0 Å². The summed E-state index contributed by atoms with van der Waals surface area (Å²) in [6.07, 6.45) is 0. The molecule has 0 rings (SSSR count). The lowest BCUT2D eigenvalue weighted by molar-refractivity contribution is 0.222. The molecular weight excluding hydrogens is 110 g/mol. The van der Waals surface area contributed by atoms with Gasteiger partial charge in [0.05, 0.1) is 6.61 Å². The standard InChI is InChI=1S/C4H11NOS/c1-4(3-6)5(2)7/h4,6-7H,3H2,1-2H3/t4-/m0/s1. The Hall–Kier alpha value is 0.270. The van der Waals surface area contributed by atoms with E-state index in [-0.39, 0.29) is 12.6 Å². The molecule has 7 heavy (non-hydrogen) atoms. The van der Waals surface area contributed by atoms with Crippen molar-refractivity contribution in [2.45, 2.75) is 13.0 Å². The van der Waals surface area contributed by atoms with Crippen LogP contribution >= 0.6 is 12.8 Å². The SMILES string of the molecule is C[C@@H](CO)N(C)S. The van der Waals surface area contributed by atoms with Crippen LogP contribution < -0.4 is 0 Å². The summed E-state index contributed by atoms with van der Waals surface area (Å²) in [5.41, 5.74) is 0. The summed E-state index contributed by atoms with van der Waals surface area (Å²) in [5.74, 6) is 0. The van der Waals surface area contributed by atoms with Crippen molar-refractivity contribution in [3.05, 3.63) is 0 Å². The van der Waals surface area contributed by atoms with Gasteiger partial charge >= 0.3 is 0 Å². The van der Waals surface area contributed by atoms with Crippen LogP contribution in [0.3, 0.4) is 0 Å². The highest BCUT2D eigenvalue weighted by molar-refractivity contribution is 7.77. The minimum atomic E-state index is 0.156. The van der Waals surface area contributed by atoms with Gasteiger partial charge in [-0.25, -0.2) is 0 Å². The van der Waals surface area contributed by atoms with Crippen LogP contribution in [0.15, 0.2) is 0 Å². The van der Waals surface area contributed by atoms with Gasteiger partial charge in [0, 0.05) is 6.04 Å². The highest BCUT2D eigenvalue weighted by Gasteiger charge is 1.99. The number of hydrogen-bond donors (Lipinski definition) is 2. The third kappa shape index (κ3) is 2.91. The van der Waals surface area contributed by atoms with Crippen molar-refractivity contribution in [1.82, 2.24) is 4.31 Å². The van der Waals surface area contributed by atoms with Crippen LogP contribution in [-0.4, -0.2) is 29.1 Å². The Labute approximate surface area is 49.7 Å². The number of thiol groups is 1. The zero-order valence-electron chi connectivity index (χ0n) is 4.63. The molecule has 0 aliphatic heterocycles. The molecule has 0 aromatic rings. The highest BCUT2D eigenvalue weighted by Crippen LogP contribution is 1.94. The zero-order chi connectivity index (χ0) is 5.86. The van der Waals surface area contributed by atoms with Crippen LogP contribution in [0, 0.1) is 0 Å². The van der Waals surface area contributed by atoms with E-state index < -0.39 is 0 Å². The average molecular weight is 121 g/mol. The molecule has 0 aromatic heterocycles. The van der Waals surface area contributed by atoms with Crippen LogP contribution in [0.25, 0.3) is 0 Å². The molecule has 0 fully saturated rings. The molecule has 0 bridgehead atoms. The molecule has 0 radical (unpaired) electrons. The van der Waals surface area contributed by atoms with Crippen molar-refractivity contribution in [1.29, 1.82) is 0 Å². The maximum atomic E-state index is 8.41. The van der Waals surface area contributed by atoms with Gasteiger partial charge in [-0.3, -0.25) is 4.31 Å². The second kappa shape index (κ2) is 3.29. The van der Waals surface area contributed by atoms with E-state index >= 15 is 0 Å². The van der Waals surface area contributed by atoms with Gasteiger partial charge < -0.3 is 5.11 Å². The van der Waals surface area contributed by atoms with E-state index in [1.807, 2.05) is 14.0 Å². The number of nitrogens with zero attached hydrogens (tertiary/aromatic N) is 1. The molecule has 1 N–H and O–H groups in total. The van der Waals surface area contributed by atoms with Gasteiger partial charge in [0.25, 0.3) is 0 Å². The normalized spacial score (nSPS) is 15.0. The monoisotopic (exact) mass is 121 g/mol. The highest BCUT2D eigenvalue weighted by atomic mass is 32.1. The predicted octanol–water partition coefficient (Wildman–Crippen LogP) is 0.144. The van der Waals surface area contributed by atoms with Crippen LogP contribution in [0.1, 0.15) is 6.92 Å². The maximum absolute atomic E-state index is 8.41. The second-order valence-corrected chi connectivity index (χ2v) is 2.24. The first-order valence-corrected chi connectivity index (χ1v) is 2.61. The van der Waals surface area contributed by atoms with E-state index in [0.717, 1.165) is 0 Å². The lowest BCUT2D eigenvalue weighted by atomic mass is 10.4. The summed E-state index contributed by atoms with van der Waals surface area (Å²) in [7, 11) is 1.81. The minimum absolute atomic E-state index is 0.156. The molecule has 0 aromatic carbocycles. The molecule has 0 heterocycles. The first-order valence-electron chi connectivity index (χ1n) is 2.21. The molecule has 0 aliphatic rings. The smallest absolute Gasteiger partial charge is 0.0593 e. The predicted molar refractivity (Wildman–Crippen MR) is 33.3 cm³/mol. The Morgan fingerprint density at radius 1 is 1.86 bits per heavy atom. The van der Waals surface area contributed by atoms with Gasteiger partial charge in [0.15, 0.2) is 0 Å². The molecular formula is C4H11NOS. The van der Waals surface area contributed by atoms with E-state index in [0.29, 0.717) is 0 Å². The summed E-state index contributed by atoms with van der Waals surface area (Å²) >= 11 is 3.95. The van der Waals surface area contributed by atoms with Crippen molar-refractivity contribution in [2.75, 3.05) is 13.7 Å². The molecule has 0 saturated carbocycles. The molecule has 0 amide bonds. The lowest BCUT2D eigenvalue weighted by Crippen LogP contribution is -2.23. The molecule has 0 unspecified atom stereocenters. The van der Waals surface area contributed by atoms with E-state index in [4.69, 9.17) is 5.11 Å². The lowest BCUT2D eigenvalue weighted by Gasteiger charge is -2.13. The Bertz CT molecular complexity index is 49.0. The van der Waals surface area contributed by atoms with Gasteiger partial charge in [-0.1, -0.05) is 12.8 Å². The van der Waals surface area contributed by atoms with Crippen LogP contribution in [0.4, 0.5) is 0 Å². The number of rotatable bonds is 2. The molecule has 0 aliphatic carbocycles. The van der Waals surface area contributed by atoms with Gasteiger partial charge in [-0.2, -0.15) is 0 Å². The van der Waals surface area contributed by atoms with Crippen LogP contribution in [0.5, 0.6) is 0 Å². The number of aliphatic hydroxyl groups is 1. The van der Waals surface area contributed by atoms with Crippen LogP contribution in [-0.2, 0) is 0 Å². The molecule has 3 heteroatoms. The van der Waals surface area contributed by atoms with Crippen molar-refractivity contribution < 1.29 is 5.11 Å². The fourth-order valence-corrected chi connectivity index (χ4v) is 0.191. The van der Waals surface area contributed by atoms with Crippen LogP contribution in [0.2, 0.25) is 0 Å². The third-order valence-corrected chi connectivity index (χ3v) is 1.30. The first kappa shape index (κ1) is 7.27. The fraction of sp³-hybridized carbons (Fsp3) is 1.00. The Balaban J connectivity index is 3.14. The minimum Gasteiger partial charge on any atom is -0.395 e. The Morgan fingerprint density at radius 3 is 2.29 bits per heavy atom. The van der Waals surface area contributed by atoms with E-state index in [1.165, 1.54) is 0 Å². The maximum Gasteiger partial charge on any atom is 0.0593 e. The molecule has 2 nitrogen and oxygen atoms in total. The van der Waals surface area contributed by atoms with E-state index in [2.05, 4.69) is 12.8 Å². The summed E-state index contributed by atoms with van der Waals surface area (Å²) in [5, 5.41) is 8.41. The Morgan fingerprint density at radius 2 is 2.29 bits per heavy atom. The quantitative estimate of drug-likeness (QED) is 0.508. The summed E-state index contributed by atoms with van der Waals surface area (Å²) in [4.78, 5) is 0. The summed E-state index contributed by atoms with van der Waals surface area (Å²) in [6.45, 7) is 2.06. The Kier molecular flexibility index (Phi) is 3.42. The second-order valence-electron chi connectivity index (χ2n) is 1.61. The van der Waals surface area contributed by atoms with Gasteiger partial charge in [0.2, 0.25) is 0 Å². The van der Waals surface area contributed by atoms with Crippen molar-refractivity contribution in [2.24, 2.45) is 0 Å². The molecule has 0 spiro atoms. The number of hydrogen-bond acceptors (Lipinski definition) is 3. The van der Waals surface area contributed by atoms with E-state index in [9.17, 15) is 0 Å². The van der Waals surface area contributed by atoms with Crippen molar-refractivity contribution in [3.63, 3.8) is 0 Å². The fourth-order valence-electron chi connectivity index (χ4n) is 0.118. The number of aliphatic hydroxyl groups excluding tert-OH is 1. The largest absolute Gasteiger partial charge is 0.395 e. The average Bonchev–Trinajstić information content (AvgIpc) is 1.65. The van der Waals surface area contributed by atoms with Gasteiger partial charge in [-0.05, 0) is 14.0 Å². The molecule has 44 valence electrons. The zero-order valence-corrected chi connectivity index (χ0v) is 5.52. The van der Waals surface area contributed by atoms with E-state index in [1.54, 1.807) is 4.31 Å². The summed E-state index contributed by atoms with van der Waals surface area (Å²) in [6, 6.07) is 0.156.